The van der Waals surface area contributed by atoms with Crippen LogP contribution in [0.4, 0.5) is 11.4 Å². The van der Waals surface area contributed by atoms with Gasteiger partial charge < -0.3 is 14.8 Å². The number of methoxy groups -OCH3 is 1. The first kappa shape index (κ1) is 19.6. The van der Waals surface area contributed by atoms with Crippen molar-refractivity contribution in [2.75, 3.05) is 36.1 Å². The number of carbonyl (C=O) groups excluding carboxylic acids is 1. The van der Waals surface area contributed by atoms with Crippen molar-refractivity contribution in [1.82, 2.24) is 0 Å². The highest BCUT2D eigenvalue weighted by Crippen LogP contribution is 2.25. The zero-order valence-electron chi connectivity index (χ0n) is 14.9. The number of anilines is 2. The summed E-state index contributed by atoms with van der Waals surface area (Å²) in [5, 5.41) is 2.67. The van der Waals surface area contributed by atoms with Gasteiger partial charge in [-0.1, -0.05) is 18.2 Å². The molecule has 8 heteroatoms. The zero-order chi connectivity index (χ0) is 19.2. The van der Waals surface area contributed by atoms with Crippen molar-refractivity contribution in [1.29, 1.82) is 0 Å². The maximum Gasteiger partial charge on any atom is 0.245 e. The predicted molar refractivity (Wildman–Crippen MR) is 101 cm³/mol. The highest BCUT2D eigenvalue weighted by Gasteiger charge is 2.22. The molecule has 0 saturated carbocycles. The number of carbonyl (C=O) groups is 1. The molecular formula is C18H22N2O5S. The van der Waals surface area contributed by atoms with Crippen molar-refractivity contribution in [3.8, 4) is 11.5 Å². The fraction of sp³-hybridized carbons (Fsp3) is 0.278. The predicted octanol–water partition coefficient (Wildman–Crippen LogP) is 2.50. The Labute approximate surface area is 153 Å². The Kier molecular flexibility index (Phi) is 6.46. The molecule has 1 N–H and O–H groups in total. The summed E-state index contributed by atoms with van der Waals surface area (Å²) in [5.74, 6) is 0.538. The molecule has 2 rings (SSSR count). The summed E-state index contributed by atoms with van der Waals surface area (Å²) in [6.45, 7) is 1.92. The second kappa shape index (κ2) is 8.57. The molecule has 0 radical (unpaired) electrons. The van der Waals surface area contributed by atoms with Gasteiger partial charge in [-0.05, 0) is 31.2 Å². The third-order valence-electron chi connectivity index (χ3n) is 3.49. The van der Waals surface area contributed by atoms with Crippen LogP contribution in [-0.4, -0.2) is 40.8 Å². The third-order valence-corrected chi connectivity index (χ3v) is 4.63. The molecule has 7 nitrogen and oxygen atoms in total. The van der Waals surface area contributed by atoms with Crippen LogP contribution in [0.1, 0.15) is 6.92 Å². The molecule has 2 aromatic rings. The van der Waals surface area contributed by atoms with E-state index >= 15 is 0 Å². The lowest BCUT2D eigenvalue weighted by atomic mass is 10.3. The fourth-order valence-electron chi connectivity index (χ4n) is 2.36. The number of nitrogens with one attached hydrogen (secondary N) is 1. The minimum absolute atomic E-state index is 0.355. The molecule has 0 bridgehead atoms. The zero-order valence-corrected chi connectivity index (χ0v) is 15.7. The quantitative estimate of drug-likeness (QED) is 0.763. The van der Waals surface area contributed by atoms with Gasteiger partial charge in [0.05, 0.1) is 31.3 Å². The number of hydrogen-bond acceptors (Lipinski definition) is 5. The summed E-state index contributed by atoms with van der Waals surface area (Å²) in [4.78, 5) is 12.4. The molecule has 0 spiro atoms. The van der Waals surface area contributed by atoms with E-state index < -0.39 is 15.9 Å². The molecule has 0 unspecified atom stereocenters. The van der Waals surface area contributed by atoms with Gasteiger partial charge in [-0.25, -0.2) is 8.42 Å². The molecule has 2 aromatic carbocycles. The molecule has 0 atom stereocenters. The van der Waals surface area contributed by atoms with E-state index in [-0.39, 0.29) is 6.54 Å². The van der Waals surface area contributed by atoms with E-state index in [9.17, 15) is 13.2 Å². The molecular weight excluding hydrogens is 356 g/mol. The first-order valence-corrected chi connectivity index (χ1v) is 9.83. The molecule has 0 heterocycles. The van der Waals surface area contributed by atoms with Gasteiger partial charge in [0, 0.05) is 6.07 Å². The average Bonchev–Trinajstić information content (AvgIpc) is 2.60. The molecule has 0 aromatic heterocycles. The van der Waals surface area contributed by atoms with Crippen LogP contribution in [0.15, 0.2) is 48.5 Å². The number of rotatable bonds is 8. The summed E-state index contributed by atoms with van der Waals surface area (Å²) in [6.07, 6.45) is 1.05. The summed E-state index contributed by atoms with van der Waals surface area (Å²) >= 11 is 0. The molecule has 0 aliphatic heterocycles. The van der Waals surface area contributed by atoms with Gasteiger partial charge in [0.15, 0.2) is 0 Å². The molecule has 0 aliphatic carbocycles. The summed E-state index contributed by atoms with van der Waals surface area (Å²) in [6, 6.07) is 13.5. The Bertz CT molecular complexity index is 867. The molecule has 0 fully saturated rings. The number of para-hydroxylation sites is 2. The van der Waals surface area contributed by atoms with Gasteiger partial charge in [0.2, 0.25) is 15.9 Å². The molecule has 1 amide bonds. The summed E-state index contributed by atoms with van der Waals surface area (Å²) in [5.41, 5.74) is 0.824. The van der Waals surface area contributed by atoms with Crippen LogP contribution in [0.3, 0.4) is 0 Å². The van der Waals surface area contributed by atoms with Crippen LogP contribution in [-0.2, 0) is 14.8 Å². The number of ether oxygens (including phenoxy) is 2. The number of nitrogens with zero attached hydrogens (tertiary/aromatic N) is 1. The summed E-state index contributed by atoms with van der Waals surface area (Å²) in [7, 11) is -2.17. The lowest BCUT2D eigenvalue weighted by Gasteiger charge is -2.22. The number of hydrogen-bond donors (Lipinski definition) is 1. The Morgan fingerprint density at radius 2 is 1.88 bits per heavy atom. The fourth-order valence-corrected chi connectivity index (χ4v) is 3.21. The van der Waals surface area contributed by atoms with Gasteiger partial charge in [-0.2, -0.15) is 0 Å². The van der Waals surface area contributed by atoms with E-state index in [1.807, 2.05) is 6.92 Å². The number of benzene rings is 2. The normalized spacial score (nSPS) is 10.9. The maximum absolute atomic E-state index is 12.4. The summed E-state index contributed by atoms with van der Waals surface area (Å²) < 4.78 is 36.0. The second-order valence-corrected chi connectivity index (χ2v) is 7.36. The Morgan fingerprint density at radius 1 is 1.15 bits per heavy atom. The Morgan fingerprint density at radius 3 is 2.54 bits per heavy atom. The van der Waals surface area contributed by atoms with Gasteiger partial charge >= 0.3 is 0 Å². The van der Waals surface area contributed by atoms with Crippen molar-refractivity contribution in [2.24, 2.45) is 0 Å². The highest BCUT2D eigenvalue weighted by molar-refractivity contribution is 7.92. The monoisotopic (exact) mass is 378 g/mol. The van der Waals surface area contributed by atoms with Crippen LogP contribution < -0.4 is 19.1 Å². The van der Waals surface area contributed by atoms with Crippen LogP contribution >= 0.6 is 0 Å². The minimum atomic E-state index is -3.67. The van der Waals surface area contributed by atoms with Crippen LogP contribution in [0, 0.1) is 0 Å². The highest BCUT2D eigenvalue weighted by atomic mass is 32.2. The second-order valence-electron chi connectivity index (χ2n) is 5.45. The van der Waals surface area contributed by atoms with Gasteiger partial charge in [-0.15, -0.1) is 0 Å². The van der Waals surface area contributed by atoms with Crippen LogP contribution in [0.25, 0.3) is 0 Å². The van der Waals surface area contributed by atoms with Crippen molar-refractivity contribution in [2.45, 2.75) is 6.92 Å². The first-order valence-electron chi connectivity index (χ1n) is 7.98. The Hall–Kier alpha value is -2.74. The van der Waals surface area contributed by atoms with Gasteiger partial charge in [-0.3, -0.25) is 9.10 Å². The van der Waals surface area contributed by atoms with E-state index in [1.54, 1.807) is 48.5 Å². The molecule has 140 valence electrons. The lowest BCUT2D eigenvalue weighted by molar-refractivity contribution is -0.114. The molecule has 0 aliphatic rings. The largest absolute Gasteiger partial charge is 0.495 e. The topological polar surface area (TPSA) is 84.9 Å². The number of amides is 1. The van der Waals surface area contributed by atoms with Crippen molar-refractivity contribution >= 4 is 27.3 Å². The molecule has 26 heavy (non-hydrogen) atoms. The van der Waals surface area contributed by atoms with E-state index in [0.717, 1.165) is 10.6 Å². The first-order chi connectivity index (χ1) is 12.3. The van der Waals surface area contributed by atoms with Crippen LogP contribution in [0.5, 0.6) is 11.5 Å². The Balaban J connectivity index is 2.23. The van der Waals surface area contributed by atoms with E-state index in [1.165, 1.54) is 7.11 Å². The standard InChI is InChI=1S/C18H22N2O5S/c1-4-25-15-9-7-8-14(12-15)20(26(3,22)23)13-18(21)19-16-10-5-6-11-17(16)24-2/h5-12H,4,13H2,1-3H3,(H,19,21). The maximum atomic E-state index is 12.4. The lowest BCUT2D eigenvalue weighted by Crippen LogP contribution is -2.37. The van der Waals surface area contributed by atoms with Gasteiger partial charge in [0.25, 0.3) is 0 Å². The van der Waals surface area contributed by atoms with Crippen molar-refractivity contribution < 1.29 is 22.7 Å². The van der Waals surface area contributed by atoms with Crippen LogP contribution in [0.2, 0.25) is 0 Å². The van der Waals surface area contributed by atoms with E-state index in [2.05, 4.69) is 5.32 Å². The minimum Gasteiger partial charge on any atom is -0.495 e. The van der Waals surface area contributed by atoms with Gasteiger partial charge in [0.1, 0.15) is 18.0 Å². The van der Waals surface area contributed by atoms with E-state index in [0.29, 0.717) is 29.5 Å². The smallest absolute Gasteiger partial charge is 0.245 e. The average molecular weight is 378 g/mol. The number of sulfonamides is 1. The van der Waals surface area contributed by atoms with E-state index in [4.69, 9.17) is 9.47 Å². The SMILES string of the molecule is CCOc1cccc(N(CC(=O)Nc2ccccc2OC)S(C)(=O)=O)c1. The van der Waals surface area contributed by atoms with Crippen molar-refractivity contribution in [3.63, 3.8) is 0 Å². The third kappa shape index (κ3) is 5.13. The molecule has 0 saturated heterocycles. The van der Waals surface area contributed by atoms with Crippen molar-refractivity contribution in [3.05, 3.63) is 48.5 Å².